The van der Waals surface area contributed by atoms with Crippen LogP contribution in [-0.4, -0.2) is 15.4 Å². The van der Waals surface area contributed by atoms with Gasteiger partial charge in [0.05, 0.1) is 5.75 Å². The molecule has 1 unspecified atom stereocenters. The lowest BCUT2D eigenvalue weighted by atomic mass is 10.2. The first-order chi connectivity index (χ1) is 9.33. The molecule has 1 atom stereocenters. The summed E-state index contributed by atoms with van der Waals surface area (Å²) in [6.07, 6.45) is 5.37. The Balaban J connectivity index is 1.59. The number of thiophene rings is 1. The summed E-state index contributed by atoms with van der Waals surface area (Å²) in [5, 5.41) is 6.80. The maximum atomic E-state index is 6.10. The van der Waals surface area contributed by atoms with E-state index < -0.39 is 0 Å². The summed E-state index contributed by atoms with van der Waals surface area (Å²) in [5.41, 5.74) is 6.10. The number of thioether (sulfide) groups is 1. The highest BCUT2D eigenvalue weighted by atomic mass is 32.2. The molecular formula is C13H17N3OS2. The van der Waals surface area contributed by atoms with Gasteiger partial charge >= 0.3 is 0 Å². The number of hydrogen-bond acceptors (Lipinski definition) is 6. The van der Waals surface area contributed by atoms with Gasteiger partial charge in [0.25, 0.3) is 0 Å². The van der Waals surface area contributed by atoms with Gasteiger partial charge in [-0.2, -0.15) is 16.7 Å². The molecule has 1 fully saturated rings. The molecule has 0 amide bonds. The molecular weight excluding hydrogens is 278 g/mol. The second kappa shape index (κ2) is 6.07. The van der Waals surface area contributed by atoms with Crippen LogP contribution in [0.1, 0.15) is 48.3 Å². The Labute approximate surface area is 120 Å². The van der Waals surface area contributed by atoms with Crippen LogP contribution in [0.3, 0.4) is 0 Å². The fourth-order valence-electron chi connectivity index (χ4n) is 2.29. The van der Waals surface area contributed by atoms with E-state index in [0.717, 1.165) is 21.7 Å². The molecule has 102 valence electrons. The summed E-state index contributed by atoms with van der Waals surface area (Å²) < 4.78 is 5.27. The lowest BCUT2D eigenvalue weighted by Gasteiger charge is -2.05. The molecule has 2 aromatic rings. The van der Waals surface area contributed by atoms with Crippen molar-refractivity contribution in [2.45, 2.75) is 42.7 Å². The van der Waals surface area contributed by atoms with E-state index in [-0.39, 0.29) is 6.04 Å². The number of rotatable bonds is 5. The average Bonchev–Trinajstić information content (AvgIpc) is 3.16. The van der Waals surface area contributed by atoms with Gasteiger partial charge < -0.3 is 10.3 Å². The van der Waals surface area contributed by atoms with Crippen molar-refractivity contribution in [3.63, 3.8) is 0 Å². The summed E-state index contributed by atoms with van der Waals surface area (Å²) in [6.45, 7) is 0. The van der Waals surface area contributed by atoms with Crippen LogP contribution >= 0.6 is 23.1 Å². The SMILES string of the molecule is NC(c1nc(CSC2CCCC2)no1)c1cccs1. The zero-order chi connectivity index (χ0) is 13.1. The van der Waals surface area contributed by atoms with Gasteiger partial charge in [0.15, 0.2) is 5.82 Å². The van der Waals surface area contributed by atoms with Gasteiger partial charge in [-0.05, 0) is 24.3 Å². The van der Waals surface area contributed by atoms with Crippen LogP contribution < -0.4 is 5.73 Å². The maximum absolute atomic E-state index is 6.10. The van der Waals surface area contributed by atoms with Crippen LogP contribution in [0, 0.1) is 0 Å². The average molecular weight is 295 g/mol. The molecule has 0 spiro atoms. The van der Waals surface area contributed by atoms with Gasteiger partial charge in [-0.15, -0.1) is 11.3 Å². The molecule has 19 heavy (non-hydrogen) atoms. The Kier molecular flexibility index (Phi) is 4.20. The first-order valence-electron chi connectivity index (χ1n) is 6.56. The van der Waals surface area contributed by atoms with Gasteiger partial charge in [-0.3, -0.25) is 0 Å². The van der Waals surface area contributed by atoms with Crippen molar-refractivity contribution >= 4 is 23.1 Å². The van der Waals surface area contributed by atoms with E-state index in [0.29, 0.717) is 5.89 Å². The molecule has 1 saturated carbocycles. The predicted molar refractivity (Wildman–Crippen MR) is 78.2 cm³/mol. The third-order valence-corrected chi connectivity index (χ3v) is 5.67. The highest BCUT2D eigenvalue weighted by Crippen LogP contribution is 2.31. The first-order valence-corrected chi connectivity index (χ1v) is 8.49. The summed E-state index contributed by atoms with van der Waals surface area (Å²) >= 11 is 3.55. The zero-order valence-electron chi connectivity index (χ0n) is 10.6. The second-order valence-electron chi connectivity index (χ2n) is 4.76. The topological polar surface area (TPSA) is 64.9 Å². The first kappa shape index (κ1) is 13.1. The number of aromatic nitrogens is 2. The Morgan fingerprint density at radius 1 is 1.47 bits per heavy atom. The maximum Gasteiger partial charge on any atom is 0.249 e. The molecule has 2 aromatic heterocycles. The van der Waals surface area contributed by atoms with E-state index in [1.807, 2.05) is 29.3 Å². The molecule has 0 bridgehead atoms. The number of hydrogen-bond donors (Lipinski definition) is 1. The lowest BCUT2D eigenvalue weighted by molar-refractivity contribution is 0.364. The minimum atomic E-state index is -0.294. The standard InChI is InChI=1S/C13H17N3OS2/c14-12(10-6-3-7-18-10)13-15-11(16-17-13)8-19-9-4-1-2-5-9/h3,6-7,9,12H,1-2,4-5,8,14H2. The van der Waals surface area contributed by atoms with Crippen LogP contribution in [0.15, 0.2) is 22.0 Å². The molecule has 0 saturated heterocycles. The van der Waals surface area contributed by atoms with Gasteiger partial charge in [-0.25, -0.2) is 0 Å². The molecule has 4 nitrogen and oxygen atoms in total. The number of nitrogens with two attached hydrogens (primary N) is 1. The fraction of sp³-hybridized carbons (Fsp3) is 0.538. The van der Waals surface area contributed by atoms with Crippen LogP contribution in [0.2, 0.25) is 0 Å². The Hall–Kier alpha value is -0.850. The Morgan fingerprint density at radius 2 is 2.32 bits per heavy atom. The molecule has 2 N–H and O–H groups in total. The zero-order valence-corrected chi connectivity index (χ0v) is 12.3. The fourth-order valence-corrected chi connectivity index (χ4v) is 4.18. The van der Waals surface area contributed by atoms with Crippen molar-refractivity contribution in [3.05, 3.63) is 34.1 Å². The third-order valence-electron chi connectivity index (χ3n) is 3.35. The van der Waals surface area contributed by atoms with Crippen molar-refractivity contribution in [3.8, 4) is 0 Å². The molecule has 3 rings (SSSR count). The highest BCUT2D eigenvalue weighted by Gasteiger charge is 2.19. The van der Waals surface area contributed by atoms with E-state index in [2.05, 4.69) is 10.1 Å². The van der Waals surface area contributed by atoms with E-state index in [1.54, 1.807) is 11.3 Å². The van der Waals surface area contributed by atoms with Gasteiger partial charge in [0.2, 0.25) is 5.89 Å². The molecule has 1 aliphatic carbocycles. The molecule has 1 aliphatic rings. The van der Waals surface area contributed by atoms with E-state index in [1.165, 1.54) is 25.7 Å². The predicted octanol–water partition coefficient (Wildman–Crippen LogP) is 3.36. The third kappa shape index (κ3) is 3.19. The molecule has 0 radical (unpaired) electrons. The van der Waals surface area contributed by atoms with Crippen molar-refractivity contribution in [1.82, 2.24) is 10.1 Å². The molecule has 0 aromatic carbocycles. The summed E-state index contributed by atoms with van der Waals surface area (Å²) in [6, 6.07) is 3.68. The Bertz CT molecular complexity index is 506. The van der Waals surface area contributed by atoms with Gasteiger partial charge in [-0.1, -0.05) is 24.1 Å². The van der Waals surface area contributed by atoms with Gasteiger partial charge in [0.1, 0.15) is 6.04 Å². The Morgan fingerprint density at radius 3 is 3.05 bits per heavy atom. The minimum Gasteiger partial charge on any atom is -0.337 e. The van der Waals surface area contributed by atoms with Crippen LogP contribution in [0.5, 0.6) is 0 Å². The smallest absolute Gasteiger partial charge is 0.249 e. The quantitative estimate of drug-likeness (QED) is 0.916. The van der Waals surface area contributed by atoms with Crippen LogP contribution in [0.25, 0.3) is 0 Å². The monoisotopic (exact) mass is 295 g/mol. The van der Waals surface area contributed by atoms with Gasteiger partial charge in [0, 0.05) is 10.1 Å². The normalized spacial score (nSPS) is 17.9. The number of nitrogens with zero attached hydrogens (tertiary/aromatic N) is 2. The summed E-state index contributed by atoms with van der Waals surface area (Å²) in [5.74, 6) is 2.11. The van der Waals surface area contributed by atoms with Crippen molar-refractivity contribution < 1.29 is 4.52 Å². The molecule has 6 heteroatoms. The van der Waals surface area contributed by atoms with E-state index in [4.69, 9.17) is 10.3 Å². The largest absolute Gasteiger partial charge is 0.337 e. The van der Waals surface area contributed by atoms with Crippen LogP contribution in [-0.2, 0) is 5.75 Å². The van der Waals surface area contributed by atoms with Crippen molar-refractivity contribution in [2.75, 3.05) is 0 Å². The molecule has 0 aliphatic heterocycles. The van der Waals surface area contributed by atoms with E-state index >= 15 is 0 Å². The van der Waals surface area contributed by atoms with Crippen molar-refractivity contribution in [1.29, 1.82) is 0 Å². The highest BCUT2D eigenvalue weighted by molar-refractivity contribution is 7.99. The summed E-state index contributed by atoms with van der Waals surface area (Å²) in [4.78, 5) is 5.46. The second-order valence-corrected chi connectivity index (χ2v) is 7.03. The van der Waals surface area contributed by atoms with E-state index in [9.17, 15) is 0 Å². The van der Waals surface area contributed by atoms with Crippen molar-refractivity contribution in [2.24, 2.45) is 5.73 Å². The minimum absolute atomic E-state index is 0.294. The molecule has 2 heterocycles. The lowest BCUT2D eigenvalue weighted by Crippen LogP contribution is -2.10. The summed E-state index contributed by atoms with van der Waals surface area (Å²) in [7, 11) is 0. The van der Waals surface area contributed by atoms with Crippen LogP contribution in [0.4, 0.5) is 0 Å².